The Hall–Kier alpha value is -0.0400. The Morgan fingerprint density at radius 1 is 1.33 bits per heavy atom. The van der Waals surface area contributed by atoms with Gasteiger partial charge in [-0.1, -0.05) is 20.8 Å². The van der Waals surface area contributed by atoms with Crippen LogP contribution in [0.2, 0.25) is 0 Å². The van der Waals surface area contributed by atoms with E-state index in [0.717, 1.165) is 6.61 Å². The summed E-state index contributed by atoms with van der Waals surface area (Å²) >= 11 is 0. The van der Waals surface area contributed by atoms with Gasteiger partial charge in [-0.3, -0.25) is 0 Å². The summed E-state index contributed by atoms with van der Waals surface area (Å²) in [5.74, 6) is 0. The highest BCUT2D eigenvalue weighted by Crippen LogP contribution is 2.42. The van der Waals surface area contributed by atoms with Gasteiger partial charge in [0.1, 0.15) is 0 Å². The van der Waals surface area contributed by atoms with Crippen molar-refractivity contribution < 1.29 is 4.74 Å². The lowest BCUT2D eigenvalue weighted by atomic mass is 9.70. The fourth-order valence-corrected chi connectivity index (χ4v) is 1.84. The molecule has 1 aliphatic heterocycles. The van der Waals surface area contributed by atoms with Crippen LogP contribution in [0.25, 0.3) is 0 Å². The van der Waals surface area contributed by atoms with E-state index in [1.54, 1.807) is 0 Å². The summed E-state index contributed by atoms with van der Waals surface area (Å²) in [4.78, 5) is 0. The molecule has 0 radical (unpaired) electrons. The second-order valence-electron chi connectivity index (χ2n) is 4.77. The Kier molecular flexibility index (Phi) is 2.82. The normalized spacial score (nSPS) is 32.0. The van der Waals surface area contributed by atoms with E-state index in [1.165, 1.54) is 25.7 Å². The molecule has 1 unspecified atom stereocenters. The maximum Gasteiger partial charge on any atom is 0.0705 e. The number of hydrogen-bond acceptors (Lipinski definition) is 1. The lowest BCUT2D eigenvalue weighted by Gasteiger charge is -2.46. The van der Waals surface area contributed by atoms with E-state index in [-0.39, 0.29) is 5.60 Å². The minimum Gasteiger partial charge on any atom is -0.375 e. The van der Waals surface area contributed by atoms with Gasteiger partial charge in [0, 0.05) is 6.61 Å². The molecule has 1 heterocycles. The summed E-state index contributed by atoms with van der Waals surface area (Å²) in [6.45, 7) is 10.1. The number of rotatable bonds is 2. The van der Waals surface area contributed by atoms with Gasteiger partial charge in [0.15, 0.2) is 0 Å². The third-order valence-corrected chi connectivity index (χ3v) is 3.78. The van der Waals surface area contributed by atoms with Crippen LogP contribution in [-0.2, 0) is 4.74 Å². The Morgan fingerprint density at radius 2 is 2.00 bits per heavy atom. The first-order valence-corrected chi connectivity index (χ1v) is 5.16. The van der Waals surface area contributed by atoms with Gasteiger partial charge in [-0.25, -0.2) is 0 Å². The monoisotopic (exact) mass is 170 g/mol. The molecule has 0 bridgehead atoms. The summed E-state index contributed by atoms with van der Waals surface area (Å²) in [6, 6.07) is 0. The van der Waals surface area contributed by atoms with E-state index in [2.05, 4.69) is 27.7 Å². The minimum absolute atomic E-state index is 0.125. The summed E-state index contributed by atoms with van der Waals surface area (Å²) in [6.07, 6.45) is 5.01. The van der Waals surface area contributed by atoms with Crippen LogP contribution in [0.3, 0.4) is 0 Å². The van der Waals surface area contributed by atoms with Crippen molar-refractivity contribution >= 4 is 0 Å². The zero-order chi connectivity index (χ0) is 9.24. The van der Waals surface area contributed by atoms with Gasteiger partial charge >= 0.3 is 0 Å². The van der Waals surface area contributed by atoms with E-state index in [0.29, 0.717) is 5.41 Å². The van der Waals surface area contributed by atoms with Crippen LogP contribution < -0.4 is 0 Å². The van der Waals surface area contributed by atoms with E-state index >= 15 is 0 Å². The van der Waals surface area contributed by atoms with Crippen molar-refractivity contribution in [3.05, 3.63) is 0 Å². The maximum absolute atomic E-state index is 5.92. The molecule has 1 saturated heterocycles. The molecule has 1 heteroatoms. The molecule has 1 nitrogen and oxygen atoms in total. The molecule has 1 atom stereocenters. The predicted octanol–water partition coefficient (Wildman–Crippen LogP) is 3.38. The first kappa shape index (κ1) is 10.0. The summed E-state index contributed by atoms with van der Waals surface area (Å²) in [5.41, 5.74) is 0.452. The standard InChI is InChI=1S/C11H22O/c1-5-10(2,3)11(4)8-6-7-9-12-11/h5-9H2,1-4H3. The summed E-state index contributed by atoms with van der Waals surface area (Å²) in [5, 5.41) is 0. The van der Waals surface area contributed by atoms with Crippen molar-refractivity contribution in [2.24, 2.45) is 5.41 Å². The van der Waals surface area contributed by atoms with Crippen molar-refractivity contribution in [3.8, 4) is 0 Å². The molecular weight excluding hydrogens is 148 g/mol. The second-order valence-corrected chi connectivity index (χ2v) is 4.77. The molecule has 1 fully saturated rings. The van der Waals surface area contributed by atoms with Crippen molar-refractivity contribution in [3.63, 3.8) is 0 Å². The summed E-state index contributed by atoms with van der Waals surface area (Å²) < 4.78 is 5.92. The van der Waals surface area contributed by atoms with Crippen LogP contribution in [0.4, 0.5) is 0 Å². The molecule has 0 N–H and O–H groups in total. The molecule has 0 saturated carbocycles. The van der Waals surface area contributed by atoms with Crippen LogP contribution in [0, 0.1) is 5.41 Å². The highest BCUT2D eigenvalue weighted by atomic mass is 16.5. The Labute approximate surface area is 76.5 Å². The minimum atomic E-state index is 0.125. The van der Waals surface area contributed by atoms with Crippen LogP contribution in [0.15, 0.2) is 0 Å². The van der Waals surface area contributed by atoms with Gasteiger partial charge in [0.25, 0.3) is 0 Å². The van der Waals surface area contributed by atoms with Gasteiger partial charge < -0.3 is 4.74 Å². The van der Waals surface area contributed by atoms with Crippen LogP contribution in [0.5, 0.6) is 0 Å². The molecule has 1 aliphatic rings. The lowest BCUT2D eigenvalue weighted by molar-refractivity contribution is -0.138. The molecule has 0 aromatic rings. The van der Waals surface area contributed by atoms with E-state index in [1.807, 2.05) is 0 Å². The van der Waals surface area contributed by atoms with Crippen molar-refractivity contribution in [1.82, 2.24) is 0 Å². The van der Waals surface area contributed by atoms with Gasteiger partial charge in [0.05, 0.1) is 5.60 Å². The largest absolute Gasteiger partial charge is 0.375 e. The first-order chi connectivity index (χ1) is 5.52. The van der Waals surface area contributed by atoms with E-state index in [9.17, 15) is 0 Å². The SMILES string of the molecule is CCC(C)(C)C1(C)CCCCO1. The number of ether oxygens (including phenoxy) is 1. The van der Waals surface area contributed by atoms with Gasteiger partial charge in [0.2, 0.25) is 0 Å². The quantitative estimate of drug-likeness (QED) is 0.617. The zero-order valence-electron chi connectivity index (χ0n) is 8.94. The zero-order valence-corrected chi connectivity index (χ0v) is 8.94. The van der Waals surface area contributed by atoms with Gasteiger partial charge in [-0.05, 0) is 38.0 Å². The molecular formula is C11H22O. The molecule has 0 aromatic heterocycles. The van der Waals surface area contributed by atoms with E-state index in [4.69, 9.17) is 4.74 Å². The smallest absolute Gasteiger partial charge is 0.0705 e. The lowest BCUT2D eigenvalue weighted by Crippen LogP contribution is -2.46. The molecule has 0 spiro atoms. The molecule has 0 amide bonds. The predicted molar refractivity (Wildman–Crippen MR) is 52.3 cm³/mol. The number of hydrogen-bond donors (Lipinski definition) is 0. The Balaban J connectivity index is 2.68. The van der Waals surface area contributed by atoms with Crippen LogP contribution >= 0.6 is 0 Å². The summed E-state index contributed by atoms with van der Waals surface area (Å²) in [7, 11) is 0. The third kappa shape index (κ3) is 1.66. The van der Waals surface area contributed by atoms with Crippen molar-refractivity contribution in [1.29, 1.82) is 0 Å². The molecule has 72 valence electrons. The molecule has 12 heavy (non-hydrogen) atoms. The average molecular weight is 170 g/mol. The topological polar surface area (TPSA) is 9.23 Å². The fourth-order valence-electron chi connectivity index (χ4n) is 1.84. The van der Waals surface area contributed by atoms with Crippen molar-refractivity contribution in [2.75, 3.05) is 6.61 Å². The van der Waals surface area contributed by atoms with Crippen LogP contribution in [-0.4, -0.2) is 12.2 Å². The highest BCUT2D eigenvalue weighted by molar-refractivity contribution is 4.92. The fraction of sp³-hybridized carbons (Fsp3) is 1.00. The Morgan fingerprint density at radius 3 is 2.42 bits per heavy atom. The highest BCUT2D eigenvalue weighted by Gasteiger charge is 2.41. The molecule has 1 rings (SSSR count). The van der Waals surface area contributed by atoms with Gasteiger partial charge in [-0.2, -0.15) is 0 Å². The third-order valence-electron chi connectivity index (χ3n) is 3.78. The maximum atomic E-state index is 5.92. The molecule has 0 aliphatic carbocycles. The van der Waals surface area contributed by atoms with Crippen LogP contribution in [0.1, 0.15) is 53.4 Å². The van der Waals surface area contributed by atoms with Gasteiger partial charge in [-0.15, -0.1) is 0 Å². The van der Waals surface area contributed by atoms with E-state index < -0.39 is 0 Å². The molecule has 0 aromatic carbocycles. The van der Waals surface area contributed by atoms with Crippen molar-refractivity contribution in [2.45, 2.75) is 59.0 Å². The second kappa shape index (κ2) is 3.37. The average Bonchev–Trinajstić information content (AvgIpc) is 2.06. The first-order valence-electron chi connectivity index (χ1n) is 5.16. The Bertz CT molecular complexity index is 143.